The molecule has 3 N–H and O–H groups in total. The molecule has 1 fully saturated rings. The van der Waals surface area contributed by atoms with Crippen LogP contribution in [0.15, 0.2) is 24.3 Å². The van der Waals surface area contributed by atoms with E-state index in [1.165, 1.54) is 13.5 Å². The lowest BCUT2D eigenvalue weighted by molar-refractivity contribution is -0.144. The van der Waals surface area contributed by atoms with Crippen molar-refractivity contribution in [2.75, 3.05) is 19.4 Å². The van der Waals surface area contributed by atoms with E-state index in [-0.39, 0.29) is 17.3 Å². The second kappa shape index (κ2) is 7.29. The molecule has 0 unspecified atom stereocenters. The Hall–Kier alpha value is -2.04. The van der Waals surface area contributed by atoms with Crippen LogP contribution in [0, 0.1) is 5.41 Å². The number of esters is 1. The summed E-state index contributed by atoms with van der Waals surface area (Å²) in [4.78, 5) is 24.0. The third-order valence-corrected chi connectivity index (χ3v) is 4.49. The van der Waals surface area contributed by atoms with Gasteiger partial charge in [0.2, 0.25) is 0 Å². The summed E-state index contributed by atoms with van der Waals surface area (Å²) in [5.41, 5.74) is 6.58. The fourth-order valence-electron chi connectivity index (χ4n) is 3.16. The number of carbonyl (C=O) groups excluding carboxylic acids is 2. The number of methoxy groups -OCH3 is 1. The summed E-state index contributed by atoms with van der Waals surface area (Å²) < 4.78 is 4.82. The first-order chi connectivity index (χ1) is 10.6. The number of rotatable bonds is 5. The van der Waals surface area contributed by atoms with Crippen molar-refractivity contribution < 1.29 is 14.3 Å². The highest BCUT2D eigenvalue weighted by Gasteiger charge is 2.35. The summed E-state index contributed by atoms with van der Waals surface area (Å²) in [6, 6.07) is 7.00. The molecule has 1 aliphatic carbocycles. The highest BCUT2D eigenvalue weighted by atomic mass is 16.5. The molecular formula is C17H24N2O3. The van der Waals surface area contributed by atoms with E-state index in [2.05, 4.69) is 5.32 Å². The van der Waals surface area contributed by atoms with E-state index in [0.717, 1.165) is 25.7 Å². The second-order valence-electron chi connectivity index (χ2n) is 6.08. The van der Waals surface area contributed by atoms with Crippen molar-refractivity contribution in [3.8, 4) is 0 Å². The fourth-order valence-corrected chi connectivity index (χ4v) is 3.16. The Balaban J connectivity index is 2.03. The van der Waals surface area contributed by atoms with Crippen LogP contribution in [0.1, 0.15) is 48.9 Å². The molecule has 0 spiro atoms. The van der Waals surface area contributed by atoms with Gasteiger partial charge in [-0.3, -0.25) is 9.59 Å². The quantitative estimate of drug-likeness (QED) is 0.647. The molecule has 1 aliphatic rings. The highest BCUT2D eigenvalue weighted by molar-refractivity contribution is 5.99. The first-order valence-electron chi connectivity index (χ1n) is 7.76. The number of anilines is 1. The second-order valence-corrected chi connectivity index (χ2v) is 6.08. The molecule has 0 saturated heterocycles. The van der Waals surface area contributed by atoms with E-state index in [1.807, 2.05) is 0 Å². The van der Waals surface area contributed by atoms with Gasteiger partial charge in [-0.2, -0.15) is 0 Å². The van der Waals surface area contributed by atoms with Crippen LogP contribution in [0.25, 0.3) is 0 Å². The maximum absolute atomic E-state index is 12.3. The molecule has 0 bridgehead atoms. The number of carbonyl (C=O) groups is 2. The third kappa shape index (κ3) is 4.00. The van der Waals surface area contributed by atoms with Gasteiger partial charge in [0.1, 0.15) is 0 Å². The van der Waals surface area contributed by atoms with Gasteiger partial charge in [0.15, 0.2) is 0 Å². The van der Waals surface area contributed by atoms with E-state index in [0.29, 0.717) is 24.2 Å². The van der Waals surface area contributed by atoms with Gasteiger partial charge in [-0.05, 0) is 30.4 Å². The number of nitrogens with one attached hydrogen (secondary N) is 1. The lowest BCUT2D eigenvalue weighted by atomic mass is 9.71. The summed E-state index contributed by atoms with van der Waals surface area (Å²) in [6.45, 7) is 0.481. The van der Waals surface area contributed by atoms with E-state index < -0.39 is 0 Å². The van der Waals surface area contributed by atoms with Crippen molar-refractivity contribution in [2.45, 2.75) is 38.5 Å². The molecule has 0 aromatic heterocycles. The number of benzene rings is 1. The highest BCUT2D eigenvalue weighted by Crippen LogP contribution is 2.39. The minimum Gasteiger partial charge on any atom is -0.469 e. The van der Waals surface area contributed by atoms with Crippen LogP contribution in [0.3, 0.4) is 0 Å². The lowest BCUT2D eigenvalue weighted by Crippen LogP contribution is -2.40. The van der Waals surface area contributed by atoms with Crippen LogP contribution in [0.5, 0.6) is 0 Å². The summed E-state index contributed by atoms with van der Waals surface area (Å²) in [5, 5.41) is 2.95. The predicted molar refractivity (Wildman–Crippen MR) is 85.3 cm³/mol. The zero-order chi connectivity index (χ0) is 16.0. The van der Waals surface area contributed by atoms with Gasteiger partial charge in [0.25, 0.3) is 5.91 Å². The number of hydrogen-bond acceptors (Lipinski definition) is 4. The van der Waals surface area contributed by atoms with Crippen molar-refractivity contribution in [3.05, 3.63) is 29.8 Å². The normalized spacial score (nSPS) is 16.8. The zero-order valence-corrected chi connectivity index (χ0v) is 13.1. The minimum atomic E-state index is -0.213. The van der Waals surface area contributed by atoms with Gasteiger partial charge in [-0.1, -0.05) is 31.4 Å². The van der Waals surface area contributed by atoms with Crippen molar-refractivity contribution in [1.29, 1.82) is 0 Å². The van der Waals surface area contributed by atoms with Gasteiger partial charge >= 0.3 is 5.97 Å². The summed E-state index contributed by atoms with van der Waals surface area (Å²) in [7, 11) is 1.40. The van der Waals surface area contributed by atoms with Gasteiger partial charge in [-0.15, -0.1) is 0 Å². The summed E-state index contributed by atoms with van der Waals surface area (Å²) >= 11 is 0. The largest absolute Gasteiger partial charge is 0.469 e. The SMILES string of the molecule is COC(=O)CC1(CNC(=O)c2ccccc2N)CCCCC1. The van der Waals surface area contributed by atoms with Crippen LogP contribution in [0.2, 0.25) is 0 Å². The molecule has 1 aromatic rings. The van der Waals surface area contributed by atoms with Crippen molar-refractivity contribution in [1.82, 2.24) is 5.32 Å². The Labute approximate surface area is 131 Å². The Bertz CT molecular complexity index is 536. The molecule has 0 heterocycles. The predicted octanol–water partition coefficient (Wildman–Crippen LogP) is 2.51. The fraction of sp³-hybridized carbons (Fsp3) is 0.529. The molecule has 5 nitrogen and oxygen atoms in total. The number of amides is 1. The molecule has 2 rings (SSSR count). The number of nitrogen functional groups attached to an aromatic ring is 1. The van der Waals surface area contributed by atoms with E-state index in [9.17, 15) is 9.59 Å². The van der Waals surface area contributed by atoms with Gasteiger partial charge in [0, 0.05) is 12.2 Å². The number of ether oxygens (including phenoxy) is 1. The smallest absolute Gasteiger partial charge is 0.306 e. The maximum atomic E-state index is 12.3. The molecule has 1 saturated carbocycles. The van der Waals surface area contributed by atoms with Crippen molar-refractivity contribution in [3.63, 3.8) is 0 Å². The minimum absolute atomic E-state index is 0.187. The van der Waals surface area contributed by atoms with E-state index in [4.69, 9.17) is 10.5 Å². The molecule has 1 aromatic carbocycles. The van der Waals surface area contributed by atoms with Gasteiger partial charge in [-0.25, -0.2) is 0 Å². The molecule has 22 heavy (non-hydrogen) atoms. The molecule has 0 aliphatic heterocycles. The molecule has 1 amide bonds. The molecule has 5 heteroatoms. The third-order valence-electron chi connectivity index (χ3n) is 4.49. The first kappa shape index (κ1) is 16.3. The lowest BCUT2D eigenvalue weighted by Gasteiger charge is -2.36. The molecule has 120 valence electrons. The van der Waals surface area contributed by atoms with E-state index in [1.54, 1.807) is 24.3 Å². The standard InChI is InChI=1S/C17H24N2O3/c1-22-15(20)11-17(9-5-2-6-10-17)12-19-16(21)13-7-3-4-8-14(13)18/h3-4,7-8H,2,5-6,9-12,18H2,1H3,(H,19,21). The molecule has 0 atom stereocenters. The average Bonchev–Trinajstić information content (AvgIpc) is 2.54. The zero-order valence-electron chi connectivity index (χ0n) is 13.1. The average molecular weight is 304 g/mol. The van der Waals surface area contributed by atoms with Gasteiger partial charge < -0.3 is 15.8 Å². The van der Waals surface area contributed by atoms with Crippen LogP contribution in [-0.2, 0) is 9.53 Å². The topological polar surface area (TPSA) is 81.4 Å². The Kier molecular flexibility index (Phi) is 5.41. The molecule has 0 radical (unpaired) electrons. The Morgan fingerprint density at radius 3 is 2.55 bits per heavy atom. The van der Waals surface area contributed by atoms with Gasteiger partial charge in [0.05, 0.1) is 19.1 Å². The maximum Gasteiger partial charge on any atom is 0.306 e. The number of nitrogens with two attached hydrogens (primary N) is 1. The van der Waals surface area contributed by atoms with Crippen LogP contribution in [-0.4, -0.2) is 25.5 Å². The first-order valence-corrected chi connectivity index (χ1v) is 7.76. The van der Waals surface area contributed by atoms with Crippen LogP contribution < -0.4 is 11.1 Å². The summed E-state index contributed by atoms with van der Waals surface area (Å²) in [5.74, 6) is -0.400. The Morgan fingerprint density at radius 2 is 1.91 bits per heavy atom. The number of para-hydroxylation sites is 1. The van der Waals surface area contributed by atoms with E-state index >= 15 is 0 Å². The number of hydrogen-bond donors (Lipinski definition) is 2. The van der Waals surface area contributed by atoms with Crippen LogP contribution in [0.4, 0.5) is 5.69 Å². The van der Waals surface area contributed by atoms with Crippen LogP contribution >= 0.6 is 0 Å². The molecular weight excluding hydrogens is 280 g/mol. The monoisotopic (exact) mass is 304 g/mol. The van der Waals surface area contributed by atoms with Crippen molar-refractivity contribution in [2.24, 2.45) is 5.41 Å². The Morgan fingerprint density at radius 1 is 1.23 bits per heavy atom. The van der Waals surface area contributed by atoms with Crippen molar-refractivity contribution >= 4 is 17.6 Å². The summed E-state index contributed by atoms with van der Waals surface area (Å²) in [6.07, 6.45) is 5.58.